The molecule has 80 valence electrons. The minimum Gasteiger partial charge on any atom is -0.465 e. The number of ether oxygens (including phenoxy) is 1. The number of halogens is 1. The Morgan fingerprint density at radius 2 is 2.07 bits per heavy atom. The van der Waals surface area contributed by atoms with Crippen LogP contribution in [-0.2, 0) is 4.74 Å². The van der Waals surface area contributed by atoms with Gasteiger partial charge in [0.15, 0.2) is 5.78 Å². The fraction of sp³-hybridized carbons (Fsp3) is 0.273. The van der Waals surface area contributed by atoms with Gasteiger partial charge in [0, 0.05) is 5.56 Å². The first kappa shape index (κ1) is 11.7. The Kier molecular flexibility index (Phi) is 3.86. The van der Waals surface area contributed by atoms with E-state index in [2.05, 4.69) is 4.74 Å². The van der Waals surface area contributed by atoms with E-state index in [-0.39, 0.29) is 11.7 Å². The zero-order valence-corrected chi connectivity index (χ0v) is 9.30. The first-order valence-electron chi connectivity index (χ1n) is 4.38. The average molecular weight is 227 g/mol. The van der Waals surface area contributed by atoms with Gasteiger partial charge in [0.1, 0.15) is 0 Å². The molecule has 0 unspecified atom stereocenters. The molecular weight excluding hydrogens is 216 g/mol. The van der Waals surface area contributed by atoms with E-state index in [0.29, 0.717) is 11.1 Å². The van der Waals surface area contributed by atoms with Crippen molar-refractivity contribution in [1.29, 1.82) is 0 Å². The van der Waals surface area contributed by atoms with Crippen LogP contribution in [0, 0.1) is 6.92 Å². The maximum Gasteiger partial charge on any atom is 0.337 e. The number of hydrogen-bond donors (Lipinski definition) is 0. The van der Waals surface area contributed by atoms with E-state index in [1.54, 1.807) is 19.1 Å². The van der Waals surface area contributed by atoms with Gasteiger partial charge in [-0.1, -0.05) is 6.07 Å². The van der Waals surface area contributed by atoms with Crippen LogP contribution in [0.3, 0.4) is 0 Å². The number of aryl methyl sites for hydroxylation is 1. The summed E-state index contributed by atoms with van der Waals surface area (Å²) in [7, 11) is 1.30. The minimum absolute atomic E-state index is 0.0918. The number of alkyl halides is 1. The van der Waals surface area contributed by atoms with Gasteiger partial charge in [-0.05, 0) is 24.6 Å². The quantitative estimate of drug-likeness (QED) is 0.451. The molecule has 0 fully saturated rings. The van der Waals surface area contributed by atoms with Crippen LogP contribution in [0.15, 0.2) is 18.2 Å². The molecular formula is C11H11ClO3. The maximum atomic E-state index is 11.4. The van der Waals surface area contributed by atoms with Crippen LogP contribution in [0.4, 0.5) is 0 Å². The molecule has 0 aromatic heterocycles. The topological polar surface area (TPSA) is 43.4 Å². The van der Waals surface area contributed by atoms with Crippen molar-refractivity contribution < 1.29 is 14.3 Å². The van der Waals surface area contributed by atoms with Crippen molar-refractivity contribution >= 4 is 23.4 Å². The first-order valence-corrected chi connectivity index (χ1v) is 4.91. The summed E-state index contributed by atoms with van der Waals surface area (Å²) in [5.41, 5.74) is 1.62. The predicted octanol–water partition coefficient (Wildman–Crippen LogP) is 2.20. The molecule has 0 radical (unpaired) electrons. The molecule has 0 amide bonds. The molecule has 1 aromatic rings. The molecule has 0 aliphatic heterocycles. The highest BCUT2D eigenvalue weighted by Crippen LogP contribution is 2.13. The van der Waals surface area contributed by atoms with Gasteiger partial charge in [0.05, 0.1) is 18.6 Å². The number of rotatable bonds is 3. The summed E-state index contributed by atoms with van der Waals surface area (Å²) in [6, 6.07) is 4.82. The molecule has 15 heavy (non-hydrogen) atoms. The Morgan fingerprint density at radius 3 is 2.60 bits per heavy atom. The SMILES string of the molecule is COC(=O)c1ccc(C)c(C(=O)CCl)c1. The van der Waals surface area contributed by atoms with E-state index in [9.17, 15) is 9.59 Å². The molecule has 0 saturated heterocycles. The lowest BCUT2D eigenvalue weighted by Crippen LogP contribution is -2.07. The standard InChI is InChI=1S/C11H11ClO3/c1-7-3-4-8(11(14)15-2)5-9(7)10(13)6-12/h3-5H,6H2,1-2H3. The van der Waals surface area contributed by atoms with Gasteiger partial charge in [-0.2, -0.15) is 0 Å². The van der Waals surface area contributed by atoms with E-state index >= 15 is 0 Å². The van der Waals surface area contributed by atoms with Crippen LogP contribution >= 0.6 is 11.6 Å². The Bertz CT molecular complexity index is 399. The second-order valence-corrected chi connectivity index (χ2v) is 3.35. The van der Waals surface area contributed by atoms with Gasteiger partial charge in [0.25, 0.3) is 0 Å². The normalized spacial score (nSPS) is 9.80. The predicted molar refractivity (Wildman–Crippen MR) is 57.6 cm³/mol. The third-order valence-electron chi connectivity index (χ3n) is 2.08. The molecule has 0 heterocycles. The second-order valence-electron chi connectivity index (χ2n) is 3.08. The summed E-state index contributed by atoms with van der Waals surface area (Å²) in [5.74, 6) is -0.746. The molecule has 0 aliphatic carbocycles. The lowest BCUT2D eigenvalue weighted by Gasteiger charge is -2.05. The zero-order valence-electron chi connectivity index (χ0n) is 8.54. The van der Waals surface area contributed by atoms with E-state index in [1.807, 2.05) is 0 Å². The van der Waals surface area contributed by atoms with Gasteiger partial charge in [-0.15, -0.1) is 11.6 Å². The third kappa shape index (κ3) is 2.57. The van der Waals surface area contributed by atoms with E-state index in [4.69, 9.17) is 11.6 Å². The molecule has 1 aromatic carbocycles. The molecule has 0 bridgehead atoms. The van der Waals surface area contributed by atoms with Crippen LogP contribution < -0.4 is 0 Å². The van der Waals surface area contributed by atoms with Crippen LogP contribution in [0.2, 0.25) is 0 Å². The van der Waals surface area contributed by atoms with Gasteiger partial charge in [-0.25, -0.2) is 4.79 Å². The Morgan fingerprint density at radius 1 is 1.40 bits per heavy atom. The Balaban J connectivity index is 3.16. The lowest BCUT2D eigenvalue weighted by molar-refractivity contribution is 0.0600. The zero-order chi connectivity index (χ0) is 11.4. The molecule has 0 N–H and O–H groups in total. The number of benzene rings is 1. The van der Waals surface area contributed by atoms with Crippen molar-refractivity contribution in [3.8, 4) is 0 Å². The molecule has 1 rings (SSSR count). The fourth-order valence-electron chi connectivity index (χ4n) is 1.24. The highest BCUT2D eigenvalue weighted by Gasteiger charge is 2.12. The number of Topliss-reactive ketones (excluding diaryl/α,β-unsaturated/α-hetero) is 1. The number of carbonyl (C=O) groups excluding carboxylic acids is 2. The largest absolute Gasteiger partial charge is 0.465 e. The summed E-state index contributed by atoms with van der Waals surface area (Å²) in [6.07, 6.45) is 0. The maximum absolute atomic E-state index is 11.4. The van der Waals surface area contributed by atoms with Crippen LogP contribution in [0.1, 0.15) is 26.3 Å². The summed E-state index contributed by atoms with van der Waals surface area (Å²) < 4.78 is 4.56. The average Bonchev–Trinajstić information content (AvgIpc) is 2.27. The van der Waals surface area contributed by atoms with Gasteiger partial charge in [-0.3, -0.25) is 4.79 Å². The molecule has 0 atom stereocenters. The van der Waals surface area contributed by atoms with E-state index < -0.39 is 5.97 Å². The molecule has 3 nitrogen and oxygen atoms in total. The van der Waals surface area contributed by atoms with Crippen molar-refractivity contribution in [1.82, 2.24) is 0 Å². The first-order chi connectivity index (χ1) is 7.10. The molecule has 0 aliphatic rings. The van der Waals surface area contributed by atoms with Gasteiger partial charge in [0.2, 0.25) is 0 Å². The van der Waals surface area contributed by atoms with Crippen molar-refractivity contribution in [2.45, 2.75) is 6.92 Å². The highest BCUT2D eigenvalue weighted by atomic mass is 35.5. The smallest absolute Gasteiger partial charge is 0.337 e. The number of ketones is 1. The summed E-state index contributed by atoms with van der Waals surface area (Å²) in [4.78, 5) is 22.6. The number of carbonyl (C=O) groups is 2. The Labute approximate surface area is 93.0 Å². The number of hydrogen-bond acceptors (Lipinski definition) is 3. The van der Waals surface area contributed by atoms with Crippen LogP contribution in [0.5, 0.6) is 0 Å². The molecule has 0 spiro atoms. The van der Waals surface area contributed by atoms with Crippen molar-refractivity contribution in [3.05, 3.63) is 34.9 Å². The fourth-order valence-corrected chi connectivity index (χ4v) is 1.38. The van der Waals surface area contributed by atoms with E-state index in [1.165, 1.54) is 13.2 Å². The lowest BCUT2D eigenvalue weighted by atomic mass is 10.0. The van der Waals surface area contributed by atoms with Gasteiger partial charge < -0.3 is 4.74 Å². The summed E-state index contributed by atoms with van der Waals surface area (Å²) >= 11 is 5.46. The monoisotopic (exact) mass is 226 g/mol. The summed E-state index contributed by atoms with van der Waals surface area (Å²) in [5, 5.41) is 0. The van der Waals surface area contributed by atoms with Crippen molar-refractivity contribution in [2.24, 2.45) is 0 Å². The van der Waals surface area contributed by atoms with Crippen LogP contribution in [-0.4, -0.2) is 24.7 Å². The second kappa shape index (κ2) is 4.94. The molecule has 4 heteroatoms. The summed E-state index contributed by atoms with van der Waals surface area (Å²) in [6.45, 7) is 1.79. The molecule has 0 saturated carbocycles. The Hall–Kier alpha value is -1.35. The van der Waals surface area contributed by atoms with Gasteiger partial charge >= 0.3 is 5.97 Å². The van der Waals surface area contributed by atoms with Crippen LogP contribution in [0.25, 0.3) is 0 Å². The number of methoxy groups -OCH3 is 1. The minimum atomic E-state index is -0.460. The van der Waals surface area contributed by atoms with Crippen molar-refractivity contribution in [2.75, 3.05) is 13.0 Å². The highest BCUT2D eigenvalue weighted by molar-refractivity contribution is 6.30. The van der Waals surface area contributed by atoms with Crippen molar-refractivity contribution in [3.63, 3.8) is 0 Å². The van der Waals surface area contributed by atoms with E-state index in [0.717, 1.165) is 5.56 Å². The third-order valence-corrected chi connectivity index (χ3v) is 2.32. The number of esters is 1.